The molecule has 4 aromatic rings. The summed E-state index contributed by atoms with van der Waals surface area (Å²) in [4.78, 5) is 29.3. The van der Waals surface area contributed by atoms with Crippen molar-refractivity contribution in [2.75, 3.05) is 6.61 Å². The van der Waals surface area contributed by atoms with Crippen LogP contribution in [0.3, 0.4) is 0 Å². The number of rotatable bonds is 8. The van der Waals surface area contributed by atoms with Gasteiger partial charge in [0.1, 0.15) is 23.3 Å². The van der Waals surface area contributed by atoms with E-state index < -0.39 is 24.5 Å². The van der Waals surface area contributed by atoms with Gasteiger partial charge in [0.2, 0.25) is 0 Å². The van der Waals surface area contributed by atoms with Crippen LogP contribution in [0.1, 0.15) is 36.3 Å². The fraction of sp³-hybridized carbons (Fsp3) is 0.200. The SMILES string of the molecule is O=C(CCc1ncc(-c2ccccc2)o1)OCC(=O)N1N=C(c2ccco2)CC1c1ccco1. The molecule has 0 saturated heterocycles. The largest absolute Gasteiger partial charge is 0.467 e. The van der Waals surface area contributed by atoms with Crippen molar-refractivity contribution in [2.24, 2.45) is 5.10 Å². The van der Waals surface area contributed by atoms with Gasteiger partial charge in [0.15, 0.2) is 18.3 Å². The van der Waals surface area contributed by atoms with E-state index in [4.69, 9.17) is 18.0 Å². The number of amides is 1. The zero-order chi connectivity index (χ0) is 23.3. The number of ether oxygens (including phenoxy) is 1. The predicted molar refractivity (Wildman–Crippen MR) is 119 cm³/mol. The molecular formula is C25H21N3O6. The van der Waals surface area contributed by atoms with Crippen LogP contribution >= 0.6 is 0 Å². The minimum atomic E-state index is -0.531. The Kier molecular flexibility index (Phi) is 6.07. The van der Waals surface area contributed by atoms with Gasteiger partial charge in [-0.2, -0.15) is 5.10 Å². The highest BCUT2D eigenvalue weighted by Crippen LogP contribution is 2.33. The second-order valence-corrected chi connectivity index (χ2v) is 7.64. The van der Waals surface area contributed by atoms with Gasteiger partial charge in [-0.3, -0.25) is 9.59 Å². The van der Waals surface area contributed by atoms with E-state index in [1.54, 1.807) is 36.7 Å². The summed E-state index contributed by atoms with van der Waals surface area (Å²) in [6, 6.07) is 16.2. The molecule has 4 heterocycles. The van der Waals surface area contributed by atoms with E-state index in [1.165, 1.54) is 11.3 Å². The summed E-state index contributed by atoms with van der Waals surface area (Å²) in [7, 11) is 0. The third-order valence-corrected chi connectivity index (χ3v) is 5.35. The van der Waals surface area contributed by atoms with Crippen LogP contribution < -0.4 is 0 Å². The summed E-state index contributed by atoms with van der Waals surface area (Å²) < 4.78 is 21.8. The van der Waals surface area contributed by atoms with Gasteiger partial charge >= 0.3 is 5.97 Å². The number of oxazole rings is 1. The molecule has 34 heavy (non-hydrogen) atoms. The molecule has 3 aromatic heterocycles. The zero-order valence-electron chi connectivity index (χ0n) is 18.1. The van der Waals surface area contributed by atoms with Gasteiger partial charge < -0.3 is 18.0 Å². The predicted octanol–water partition coefficient (Wildman–Crippen LogP) is 4.38. The molecule has 5 rings (SSSR count). The fourth-order valence-corrected chi connectivity index (χ4v) is 3.69. The first-order chi connectivity index (χ1) is 16.7. The number of furan rings is 2. The van der Waals surface area contributed by atoms with E-state index in [9.17, 15) is 9.59 Å². The van der Waals surface area contributed by atoms with Crippen LogP contribution in [-0.4, -0.2) is 34.2 Å². The highest BCUT2D eigenvalue weighted by Gasteiger charge is 2.36. The van der Waals surface area contributed by atoms with Crippen molar-refractivity contribution in [3.8, 4) is 11.3 Å². The molecule has 1 aliphatic heterocycles. The first-order valence-electron chi connectivity index (χ1n) is 10.8. The molecule has 1 amide bonds. The van der Waals surface area contributed by atoms with E-state index in [-0.39, 0.29) is 12.8 Å². The number of esters is 1. The van der Waals surface area contributed by atoms with Gasteiger partial charge in [-0.1, -0.05) is 30.3 Å². The number of hydrogen-bond acceptors (Lipinski definition) is 8. The van der Waals surface area contributed by atoms with Gasteiger partial charge in [0.25, 0.3) is 5.91 Å². The lowest BCUT2D eigenvalue weighted by Gasteiger charge is -2.19. The standard InChI is InChI=1S/C25H21N3O6/c29-24(28-19(21-9-5-13-32-21)14-18(27-28)20-8-4-12-31-20)16-33-25(30)11-10-23-26-15-22(34-23)17-6-2-1-3-7-17/h1-9,12-13,15,19H,10-11,14,16H2. The smallest absolute Gasteiger partial charge is 0.306 e. The second kappa shape index (κ2) is 9.62. The van der Waals surface area contributed by atoms with Crippen molar-refractivity contribution in [3.63, 3.8) is 0 Å². The molecule has 0 saturated carbocycles. The van der Waals surface area contributed by atoms with Crippen molar-refractivity contribution >= 4 is 17.6 Å². The summed E-state index contributed by atoms with van der Waals surface area (Å²) in [5.74, 6) is 1.22. The molecule has 0 bridgehead atoms. The average molecular weight is 459 g/mol. The zero-order valence-corrected chi connectivity index (χ0v) is 18.1. The molecular weight excluding hydrogens is 438 g/mol. The van der Waals surface area contributed by atoms with Gasteiger partial charge in [-0.25, -0.2) is 9.99 Å². The molecule has 0 N–H and O–H groups in total. The Morgan fingerprint density at radius 3 is 2.59 bits per heavy atom. The highest BCUT2D eigenvalue weighted by atomic mass is 16.5. The molecule has 0 spiro atoms. The minimum Gasteiger partial charge on any atom is -0.467 e. The molecule has 1 aromatic carbocycles. The second-order valence-electron chi connectivity index (χ2n) is 7.64. The van der Waals surface area contributed by atoms with Gasteiger partial charge in [-0.15, -0.1) is 0 Å². The lowest BCUT2D eigenvalue weighted by molar-refractivity contribution is -0.153. The Labute approximate surface area is 194 Å². The van der Waals surface area contributed by atoms with E-state index >= 15 is 0 Å². The van der Waals surface area contributed by atoms with Crippen molar-refractivity contribution in [2.45, 2.75) is 25.3 Å². The molecule has 9 nitrogen and oxygen atoms in total. The van der Waals surface area contributed by atoms with Crippen LogP contribution in [0.4, 0.5) is 0 Å². The Balaban J connectivity index is 1.17. The van der Waals surface area contributed by atoms with E-state index in [2.05, 4.69) is 10.1 Å². The lowest BCUT2D eigenvalue weighted by Crippen LogP contribution is -2.31. The number of aryl methyl sites for hydroxylation is 1. The Bertz CT molecular complexity index is 1280. The number of benzene rings is 1. The summed E-state index contributed by atoms with van der Waals surface area (Å²) >= 11 is 0. The molecule has 1 unspecified atom stereocenters. The third kappa shape index (κ3) is 4.68. The van der Waals surface area contributed by atoms with Crippen LogP contribution in [0, 0.1) is 0 Å². The van der Waals surface area contributed by atoms with Gasteiger partial charge in [-0.05, 0) is 24.3 Å². The Hall–Kier alpha value is -4.40. The maximum Gasteiger partial charge on any atom is 0.306 e. The molecule has 1 atom stereocenters. The van der Waals surface area contributed by atoms with E-state index in [0.29, 0.717) is 35.3 Å². The van der Waals surface area contributed by atoms with Crippen LogP contribution in [0.15, 0.2) is 91.7 Å². The normalized spacial score (nSPS) is 15.4. The number of nitrogens with zero attached hydrogens (tertiary/aromatic N) is 3. The summed E-state index contributed by atoms with van der Waals surface area (Å²) in [6.07, 6.45) is 5.42. The lowest BCUT2D eigenvalue weighted by atomic mass is 10.1. The highest BCUT2D eigenvalue weighted by molar-refractivity contribution is 6.01. The van der Waals surface area contributed by atoms with Gasteiger partial charge in [0, 0.05) is 18.4 Å². The molecule has 0 aliphatic carbocycles. The van der Waals surface area contributed by atoms with Crippen LogP contribution in [-0.2, 0) is 20.7 Å². The van der Waals surface area contributed by atoms with Crippen molar-refractivity contribution in [1.29, 1.82) is 0 Å². The molecule has 0 radical (unpaired) electrons. The Morgan fingerprint density at radius 1 is 1.00 bits per heavy atom. The van der Waals surface area contributed by atoms with Crippen molar-refractivity contribution < 1.29 is 27.6 Å². The quantitative estimate of drug-likeness (QED) is 0.360. The number of aromatic nitrogens is 1. The monoisotopic (exact) mass is 459 g/mol. The maximum absolute atomic E-state index is 12.8. The summed E-state index contributed by atoms with van der Waals surface area (Å²) in [5.41, 5.74) is 1.52. The van der Waals surface area contributed by atoms with E-state index in [1.807, 2.05) is 30.3 Å². The fourth-order valence-electron chi connectivity index (χ4n) is 3.69. The summed E-state index contributed by atoms with van der Waals surface area (Å²) in [5, 5.41) is 5.68. The molecule has 172 valence electrons. The third-order valence-electron chi connectivity index (χ3n) is 5.35. The van der Waals surface area contributed by atoms with Gasteiger partial charge in [0.05, 0.1) is 25.1 Å². The van der Waals surface area contributed by atoms with Crippen molar-refractivity contribution in [1.82, 2.24) is 9.99 Å². The first-order valence-corrected chi connectivity index (χ1v) is 10.8. The van der Waals surface area contributed by atoms with E-state index in [0.717, 1.165) is 5.56 Å². The number of carbonyl (C=O) groups excluding carboxylic acids is 2. The van der Waals surface area contributed by atoms with Crippen LogP contribution in [0.25, 0.3) is 11.3 Å². The number of hydrogen-bond donors (Lipinski definition) is 0. The summed E-state index contributed by atoms with van der Waals surface area (Å²) in [6.45, 7) is -0.439. The first kappa shape index (κ1) is 21.4. The minimum absolute atomic E-state index is 0.0323. The molecule has 9 heteroatoms. The molecule has 0 fully saturated rings. The Morgan fingerprint density at radius 2 is 1.82 bits per heavy atom. The number of carbonyl (C=O) groups is 2. The maximum atomic E-state index is 12.8. The van der Waals surface area contributed by atoms with Crippen molar-refractivity contribution in [3.05, 3.63) is 90.7 Å². The topological polar surface area (TPSA) is 111 Å². The van der Waals surface area contributed by atoms with Crippen LogP contribution in [0.5, 0.6) is 0 Å². The number of hydrazone groups is 1. The van der Waals surface area contributed by atoms with Crippen LogP contribution in [0.2, 0.25) is 0 Å². The molecule has 1 aliphatic rings. The average Bonchev–Trinajstić information content (AvgIpc) is 3.67.